The van der Waals surface area contributed by atoms with Crippen LogP contribution in [0.5, 0.6) is 0 Å². The van der Waals surface area contributed by atoms with Gasteiger partial charge in [0.1, 0.15) is 0 Å². The summed E-state index contributed by atoms with van der Waals surface area (Å²) in [4.78, 5) is 0. The predicted molar refractivity (Wildman–Crippen MR) is 194 cm³/mol. The fraction of sp³-hybridized carbons (Fsp3) is 1.00. The Hall–Kier alpha value is -0.480. The van der Waals surface area contributed by atoms with E-state index in [1.807, 2.05) is 0 Å². The van der Waals surface area contributed by atoms with E-state index in [9.17, 15) is 0 Å². The van der Waals surface area contributed by atoms with Crippen LogP contribution in [-0.2, 0) is 42.6 Å². The van der Waals surface area contributed by atoms with Crippen molar-refractivity contribution in [2.24, 2.45) is 23.2 Å². The van der Waals surface area contributed by atoms with Crippen molar-refractivity contribution in [1.82, 2.24) is 0 Å². The smallest absolute Gasteiger partial charge is 0.0845 e. The van der Waals surface area contributed by atoms with Gasteiger partial charge < -0.3 is 58.0 Å². The Balaban J connectivity index is 0.000000709. The third-order valence-corrected chi connectivity index (χ3v) is 10.5. The van der Waals surface area contributed by atoms with Gasteiger partial charge in [0, 0.05) is 45.1 Å². The van der Waals surface area contributed by atoms with Gasteiger partial charge in [0.05, 0.1) is 96.1 Å². The van der Waals surface area contributed by atoms with Gasteiger partial charge in [-0.2, -0.15) is 0 Å². The second-order valence-electron chi connectivity index (χ2n) is 14.9. The van der Waals surface area contributed by atoms with Gasteiger partial charge in [-0.15, -0.1) is 0 Å². The van der Waals surface area contributed by atoms with Crippen LogP contribution in [0.4, 0.5) is 0 Å². The van der Waals surface area contributed by atoms with E-state index in [2.05, 4.69) is 6.92 Å². The maximum absolute atomic E-state index is 7.57. The van der Waals surface area contributed by atoms with Gasteiger partial charge in [-0.05, 0) is 103 Å². The molecule has 12 nitrogen and oxygen atoms in total. The van der Waals surface area contributed by atoms with Gasteiger partial charge in [0.15, 0.2) is 0 Å². The van der Waals surface area contributed by atoms with E-state index in [0.29, 0.717) is 114 Å². The van der Waals surface area contributed by atoms with Crippen LogP contribution in [-0.4, -0.2) is 151 Å². The molecule has 6 fully saturated rings. The Morgan fingerprint density at radius 2 is 0.706 bits per heavy atom. The number of hydrogen-bond acceptors (Lipinski definition) is 12. The summed E-state index contributed by atoms with van der Waals surface area (Å²) in [5, 5.41) is 22.7. The summed E-state index contributed by atoms with van der Waals surface area (Å²) in [6.07, 6.45) is 14.7. The topological polar surface area (TPSA) is 154 Å². The summed E-state index contributed by atoms with van der Waals surface area (Å²) in [6, 6.07) is 0. The van der Waals surface area contributed by atoms with Gasteiger partial charge in [0.25, 0.3) is 0 Å². The van der Waals surface area contributed by atoms with Crippen LogP contribution in [0.2, 0.25) is 0 Å². The molecule has 3 saturated heterocycles. The third kappa shape index (κ3) is 18.6. The second kappa shape index (κ2) is 26.3. The minimum atomic E-state index is -0.203. The monoisotopic (exact) mass is 735 g/mol. The molecule has 3 aliphatic heterocycles. The van der Waals surface area contributed by atoms with E-state index in [4.69, 9.17) is 58.0 Å². The lowest BCUT2D eigenvalue weighted by atomic mass is 9.88. The lowest BCUT2D eigenvalue weighted by molar-refractivity contribution is -0.0915. The summed E-state index contributed by atoms with van der Waals surface area (Å²) in [7, 11) is 0. The number of aliphatic hydroxyl groups excluding tert-OH is 3. The molecule has 9 atom stereocenters. The molecular formula is C39H74O12. The largest absolute Gasteiger partial charge is 0.397 e. The van der Waals surface area contributed by atoms with E-state index < -0.39 is 0 Å². The van der Waals surface area contributed by atoms with E-state index in [0.717, 1.165) is 45.5 Å². The molecule has 51 heavy (non-hydrogen) atoms. The first kappa shape index (κ1) is 44.9. The van der Waals surface area contributed by atoms with Gasteiger partial charge in [-0.25, -0.2) is 0 Å². The molecule has 9 unspecified atom stereocenters. The zero-order valence-corrected chi connectivity index (χ0v) is 32.4. The molecule has 3 N–H and O–H groups in total. The van der Waals surface area contributed by atoms with Crippen molar-refractivity contribution in [3.05, 3.63) is 0 Å². The quantitative estimate of drug-likeness (QED) is 0.108. The molecule has 3 aliphatic carbocycles. The fourth-order valence-electron chi connectivity index (χ4n) is 7.32. The summed E-state index contributed by atoms with van der Waals surface area (Å²) < 4.78 is 53.3. The van der Waals surface area contributed by atoms with Gasteiger partial charge in [-0.3, -0.25) is 0 Å². The summed E-state index contributed by atoms with van der Waals surface area (Å²) in [6.45, 7) is 15.8. The minimum Gasteiger partial charge on any atom is -0.397 e. The van der Waals surface area contributed by atoms with Crippen molar-refractivity contribution >= 4 is 0 Å². The predicted octanol–water partition coefficient (Wildman–Crippen LogP) is 4.18. The van der Waals surface area contributed by atoms with Crippen LogP contribution < -0.4 is 0 Å². The first-order valence-corrected chi connectivity index (χ1v) is 20.2. The van der Waals surface area contributed by atoms with Gasteiger partial charge in [-0.1, -0.05) is 6.92 Å². The zero-order chi connectivity index (χ0) is 36.7. The average Bonchev–Trinajstić information content (AvgIpc) is 4.02. The van der Waals surface area contributed by atoms with Crippen LogP contribution in [0.15, 0.2) is 0 Å². The Morgan fingerprint density at radius 1 is 0.431 bits per heavy atom. The second-order valence-corrected chi connectivity index (χ2v) is 14.9. The molecule has 0 radical (unpaired) electrons. The van der Waals surface area contributed by atoms with Crippen molar-refractivity contribution in [2.75, 3.05) is 99.1 Å². The van der Waals surface area contributed by atoms with Crippen LogP contribution >= 0.6 is 0 Å². The van der Waals surface area contributed by atoms with Crippen LogP contribution in [0.25, 0.3) is 0 Å². The van der Waals surface area contributed by atoms with E-state index >= 15 is 0 Å². The van der Waals surface area contributed by atoms with Crippen LogP contribution in [0.3, 0.4) is 0 Å². The fourth-order valence-corrected chi connectivity index (χ4v) is 7.32. The number of aliphatic hydroxyl groups is 3. The average molecular weight is 735 g/mol. The molecule has 0 aromatic heterocycles. The number of hydrogen-bond donors (Lipinski definition) is 3. The molecule has 3 saturated carbocycles. The summed E-state index contributed by atoms with van der Waals surface area (Å²) >= 11 is 0. The van der Waals surface area contributed by atoms with Crippen molar-refractivity contribution in [3.63, 3.8) is 0 Å². The maximum Gasteiger partial charge on any atom is 0.0845 e. The van der Waals surface area contributed by atoms with Gasteiger partial charge in [0.2, 0.25) is 0 Å². The SMILES string of the molecule is CCC(COCCOCC1CCC2OC2C1)(COCCOCC1CCC2OC2C1)COCCOCC1CCC2OC2C1.CCO.CCO.CCO. The standard InChI is InChI=1S/C33H56O9.3C2H6O/c1-2-33(21-37-12-9-34-18-24-3-6-27-30(15-24)40-27,22-38-13-10-35-19-25-4-7-28-31(16-25)41-28)23-39-14-11-36-20-26-5-8-29-32(17-26)42-29;3*1-2-3/h24-32H,2-23H2,1H3;3*3H,2H2,1H3. The molecule has 6 aliphatic rings. The molecule has 3 heterocycles. The molecule has 0 aromatic carbocycles. The maximum atomic E-state index is 7.57. The zero-order valence-electron chi connectivity index (χ0n) is 32.4. The first-order chi connectivity index (χ1) is 24.9. The molecule has 0 spiro atoms. The third-order valence-electron chi connectivity index (χ3n) is 10.5. The number of epoxide rings is 3. The van der Waals surface area contributed by atoms with Crippen LogP contribution in [0, 0.1) is 23.2 Å². The van der Waals surface area contributed by atoms with E-state index in [-0.39, 0.29) is 25.2 Å². The molecule has 0 bridgehead atoms. The summed E-state index contributed by atoms with van der Waals surface area (Å²) in [5.41, 5.74) is -0.203. The molecule has 0 amide bonds. The minimum absolute atomic E-state index is 0.203. The molecular weight excluding hydrogens is 660 g/mol. The lowest BCUT2D eigenvalue weighted by Crippen LogP contribution is -2.38. The van der Waals surface area contributed by atoms with Gasteiger partial charge >= 0.3 is 0 Å². The molecule has 6 rings (SSSR count). The van der Waals surface area contributed by atoms with Crippen molar-refractivity contribution < 1.29 is 58.0 Å². The molecule has 12 heteroatoms. The van der Waals surface area contributed by atoms with Crippen LogP contribution in [0.1, 0.15) is 91.9 Å². The Kier molecular flexibility index (Phi) is 23.2. The Morgan fingerprint density at radius 3 is 0.961 bits per heavy atom. The highest BCUT2D eigenvalue weighted by molar-refractivity contribution is 4.93. The number of fused-ring (bicyclic) bond motifs is 3. The summed E-state index contributed by atoms with van der Waals surface area (Å²) in [5.74, 6) is 1.89. The lowest BCUT2D eigenvalue weighted by Gasteiger charge is -2.32. The van der Waals surface area contributed by atoms with Crippen molar-refractivity contribution in [2.45, 2.75) is 129 Å². The number of ether oxygens (including phenoxy) is 9. The highest BCUT2D eigenvalue weighted by Crippen LogP contribution is 2.41. The van der Waals surface area contributed by atoms with E-state index in [1.54, 1.807) is 20.8 Å². The first-order valence-electron chi connectivity index (χ1n) is 20.2. The highest BCUT2D eigenvalue weighted by Gasteiger charge is 2.45. The van der Waals surface area contributed by atoms with E-state index in [1.165, 1.54) is 38.5 Å². The molecule has 302 valence electrons. The number of rotatable bonds is 22. The normalized spacial score (nSPS) is 32.2. The Labute approximate surface area is 308 Å². The molecule has 0 aromatic rings. The highest BCUT2D eigenvalue weighted by atomic mass is 16.6. The van der Waals surface area contributed by atoms with Crippen molar-refractivity contribution in [3.8, 4) is 0 Å². The Bertz CT molecular complexity index is 748. The van der Waals surface area contributed by atoms with Crippen molar-refractivity contribution in [1.29, 1.82) is 0 Å².